The zero-order valence-corrected chi connectivity index (χ0v) is 20.9. The van der Waals surface area contributed by atoms with E-state index in [1.807, 2.05) is 12.1 Å². The number of nitrogens with one attached hydrogen (secondary N) is 1. The Kier molecular flexibility index (Phi) is 6.95. The molecule has 8 heteroatoms. The molecule has 2 aliphatic heterocycles. The van der Waals surface area contributed by atoms with E-state index in [1.54, 1.807) is 22.5 Å². The van der Waals surface area contributed by atoms with Crippen LogP contribution in [0.15, 0.2) is 53.4 Å². The summed E-state index contributed by atoms with van der Waals surface area (Å²) in [5.74, 6) is -0.303. The molecule has 2 aromatic carbocycles. The summed E-state index contributed by atoms with van der Waals surface area (Å²) < 4.78 is 33.7. The van der Waals surface area contributed by atoms with Crippen molar-refractivity contribution in [3.8, 4) is 0 Å². The maximum Gasteiger partial charge on any atom is 0.257 e. The van der Waals surface area contributed by atoms with Gasteiger partial charge < -0.3 is 15.0 Å². The van der Waals surface area contributed by atoms with E-state index in [2.05, 4.69) is 22.9 Å². The molecule has 0 bridgehead atoms. The number of nitrogens with zero attached hydrogens (tertiary/aromatic N) is 2. The van der Waals surface area contributed by atoms with Crippen LogP contribution in [0.2, 0.25) is 0 Å². The molecule has 3 aliphatic rings. The molecule has 0 atom stereocenters. The number of amides is 1. The van der Waals surface area contributed by atoms with Gasteiger partial charge in [-0.1, -0.05) is 24.6 Å². The van der Waals surface area contributed by atoms with Crippen LogP contribution in [0.25, 0.3) is 0 Å². The predicted octanol–water partition coefficient (Wildman–Crippen LogP) is 4.00. The smallest absolute Gasteiger partial charge is 0.257 e. The highest BCUT2D eigenvalue weighted by atomic mass is 32.2. The van der Waals surface area contributed by atoms with Gasteiger partial charge in [0.2, 0.25) is 10.0 Å². The first kappa shape index (κ1) is 24.0. The van der Waals surface area contributed by atoms with E-state index in [9.17, 15) is 13.2 Å². The molecule has 0 saturated carbocycles. The molecule has 0 spiro atoms. The molecule has 2 aromatic rings. The Morgan fingerprint density at radius 3 is 2.46 bits per heavy atom. The molecular formula is C27H33N3O4S. The zero-order chi connectivity index (χ0) is 24.4. The van der Waals surface area contributed by atoms with Crippen LogP contribution < -0.4 is 10.2 Å². The summed E-state index contributed by atoms with van der Waals surface area (Å²) >= 11 is 0. The van der Waals surface area contributed by atoms with Crippen LogP contribution in [0.5, 0.6) is 0 Å². The van der Waals surface area contributed by atoms with Gasteiger partial charge in [-0.15, -0.1) is 0 Å². The highest BCUT2D eigenvalue weighted by molar-refractivity contribution is 7.89. The molecule has 1 amide bonds. The molecule has 35 heavy (non-hydrogen) atoms. The number of hydrogen-bond acceptors (Lipinski definition) is 5. The molecular weight excluding hydrogens is 462 g/mol. The summed E-state index contributed by atoms with van der Waals surface area (Å²) in [5.41, 5.74) is 5.54. The SMILES string of the molecule is C=C1CCc2cc(NC(=O)c3cc(S(=O)(=O)N4CCCCC4)ccc3N3CCOCC3)ccc2C1. The minimum absolute atomic E-state index is 0.172. The van der Waals surface area contributed by atoms with Gasteiger partial charge in [0.25, 0.3) is 5.91 Å². The third kappa shape index (κ3) is 5.15. The van der Waals surface area contributed by atoms with Crippen molar-refractivity contribution in [1.29, 1.82) is 0 Å². The number of anilines is 2. The molecule has 0 aromatic heterocycles. The van der Waals surface area contributed by atoms with Crippen LogP contribution >= 0.6 is 0 Å². The van der Waals surface area contributed by atoms with Gasteiger partial charge >= 0.3 is 0 Å². The minimum atomic E-state index is -3.65. The topological polar surface area (TPSA) is 79.0 Å². The molecule has 0 radical (unpaired) electrons. The number of fused-ring (bicyclic) bond motifs is 1. The molecule has 1 N–H and O–H groups in total. The molecule has 2 fully saturated rings. The molecule has 0 unspecified atom stereocenters. The number of rotatable bonds is 5. The maximum atomic E-state index is 13.6. The molecule has 1 aliphatic carbocycles. The fourth-order valence-corrected chi connectivity index (χ4v) is 6.71. The lowest BCUT2D eigenvalue weighted by atomic mass is 9.88. The normalized spacial score (nSPS) is 19.3. The van der Waals surface area contributed by atoms with Crippen molar-refractivity contribution in [2.45, 2.75) is 43.4 Å². The largest absolute Gasteiger partial charge is 0.378 e. The highest BCUT2D eigenvalue weighted by Crippen LogP contribution is 2.30. The summed E-state index contributed by atoms with van der Waals surface area (Å²) in [7, 11) is -3.65. The van der Waals surface area contributed by atoms with Crippen LogP contribution in [0.4, 0.5) is 11.4 Å². The van der Waals surface area contributed by atoms with Crippen LogP contribution in [-0.2, 0) is 27.6 Å². The summed E-state index contributed by atoms with van der Waals surface area (Å²) in [6, 6.07) is 11.0. The number of piperidine rings is 1. The van der Waals surface area contributed by atoms with Crippen molar-refractivity contribution < 1.29 is 17.9 Å². The van der Waals surface area contributed by atoms with Gasteiger partial charge in [0.1, 0.15) is 0 Å². The minimum Gasteiger partial charge on any atom is -0.378 e. The van der Waals surface area contributed by atoms with E-state index in [0.717, 1.165) is 49.9 Å². The number of hydrogen-bond donors (Lipinski definition) is 1. The predicted molar refractivity (Wildman–Crippen MR) is 138 cm³/mol. The lowest BCUT2D eigenvalue weighted by Crippen LogP contribution is -2.38. The van der Waals surface area contributed by atoms with Gasteiger partial charge in [0.15, 0.2) is 0 Å². The van der Waals surface area contributed by atoms with E-state index in [4.69, 9.17) is 4.74 Å². The number of morpholine rings is 1. The number of allylic oxidation sites excluding steroid dienone is 1. The number of carbonyl (C=O) groups is 1. The molecule has 5 rings (SSSR count). The third-order valence-corrected chi connectivity index (χ3v) is 9.06. The van der Waals surface area contributed by atoms with Crippen LogP contribution in [0.3, 0.4) is 0 Å². The van der Waals surface area contributed by atoms with Gasteiger partial charge in [-0.05, 0) is 73.6 Å². The Bertz CT molecular complexity index is 1230. The van der Waals surface area contributed by atoms with Gasteiger partial charge in [-0.3, -0.25) is 4.79 Å². The standard InChI is InChI=1S/C27H33N3O4S/c1-20-5-6-22-18-23(8-7-21(22)17-20)28-27(31)25-19-24(35(32,33)30-11-3-2-4-12-30)9-10-26(25)29-13-15-34-16-14-29/h7-10,18-19H,1-6,11-17H2,(H,28,31). The second kappa shape index (κ2) is 10.1. The summed E-state index contributed by atoms with van der Waals surface area (Å²) in [5, 5.41) is 3.03. The van der Waals surface area contributed by atoms with Crippen molar-refractivity contribution in [2.24, 2.45) is 0 Å². The van der Waals surface area contributed by atoms with E-state index in [0.29, 0.717) is 45.0 Å². The fourth-order valence-electron chi connectivity index (χ4n) is 5.17. The average molecular weight is 496 g/mol. The summed E-state index contributed by atoms with van der Waals surface area (Å²) in [6.07, 6.45) is 5.53. The number of ether oxygens (including phenoxy) is 1. The van der Waals surface area contributed by atoms with E-state index in [-0.39, 0.29) is 10.8 Å². The van der Waals surface area contributed by atoms with Crippen LogP contribution in [0, 0.1) is 0 Å². The van der Waals surface area contributed by atoms with Gasteiger partial charge in [-0.2, -0.15) is 4.31 Å². The van der Waals surface area contributed by atoms with E-state index < -0.39 is 10.0 Å². The van der Waals surface area contributed by atoms with Crippen molar-refractivity contribution >= 4 is 27.3 Å². The first-order valence-corrected chi connectivity index (χ1v) is 13.9. The van der Waals surface area contributed by atoms with Gasteiger partial charge in [0.05, 0.1) is 23.7 Å². The monoisotopic (exact) mass is 495 g/mol. The first-order valence-electron chi connectivity index (χ1n) is 12.5. The van der Waals surface area contributed by atoms with Gasteiger partial charge in [0, 0.05) is 37.6 Å². The molecule has 7 nitrogen and oxygen atoms in total. The van der Waals surface area contributed by atoms with Gasteiger partial charge in [-0.25, -0.2) is 8.42 Å². The summed E-state index contributed by atoms with van der Waals surface area (Å²) in [4.78, 5) is 15.8. The average Bonchev–Trinajstić information content (AvgIpc) is 2.89. The van der Waals surface area contributed by atoms with Crippen molar-refractivity contribution in [2.75, 3.05) is 49.6 Å². The fraction of sp³-hybridized carbons (Fsp3) is 0.444. The molecule has 2 saturated heterocycles. The second-order valence-corrected chi connectivity index (χ2v) is 11.5. The number of carbonyl (C=O) groups excluding carboxylic acids is 1. The lowest BCUT2D eigenvalue weighted by molar-refractivity contribution is 0.102. The molecule has 186 valence electrons. The quantitative estimate of drug-likeness (QED) is 0.635. The Morgan fingerprint density at radius 2 is 1.69 bits per heavy atom. The first-order chi connectivity index (χ1) is 16.9. The highest BCUT2D eigenvalue weighted by Gasteiger charge is 2.29. The number of aryl methyl sites for hydroxylation is 1. The van der Waals surface area contributed by atoms with Crippen molar-refractivity contribution in [1.82, 2.24) is 4.31 Å². The lowest BCUT2D eigenvalue weighted by Gasteiger charge is -2.31. The Hall–Kier alpha value is -2.68. The van der Waals surface area contributed by atoms with Crippen LogP contribution in [0.1, 0.15) is 47.2 Å². The van der Waals surface area contributed by atoms with E-state index in [1.165, 1.54) is 16.7 Å². The van der Waals surface area contributed by atoms with Crippen LogP contribution in [-0.4, -0.2) is 58.0 Å². The van der Waals surface area contributed by atoms with Crippen molar-refractivity contribution in [3.63, 3.8) is 0 Å². The second-order valence-electron chi connectivity index (χ2n) is 9.61. The zero-order valence-electron chi connectivity index (χ0n) is 20.1. The van der Waals surface area contributed by atoms with Crippen molar-refractivity contribution in [3.05, 3.63) is 65.2 Å². The Balaban J connectivity index is 1.46. The number of sulfonamides is 1. The van der Waals surface area contributed by atoms with E-state index >= 15 is 0 Å². The maximum absolute atomic E-state index is 13.6. The summed E-state index contributed by atoms with van der Waals surface area (Å²) in [6.45, 7) is 7.61. The Labute approximate surface area is 207 Å². The third-order valence-electron chi connectivity index (χ3n) is 7.17. The Morgan fingerprint density at radius 1 is 0.914 bits per heavy atom. The molecule has 2 heterocycles. The number of benzene rings is 2.